The van der Waals surface area contributed by atoms with Gasteiger partial charge in [0.25, 0.3) is 0 Å². The topological polar surface area (TPSA) is 163 Å². The van der Waals surface area contributed by atoms with Crippen LogP contribution in [-0.4, -0.2) is 51.8 Å². The van der Waals surface area contributed by atoms with Crippen molar-refractivity contribution in [3.8, 4) is 5.75 Å². The second-order valence-electron chi connectivity index (χ2n) is 12.4. The van der Waals surface area contributed by atoms with E-state index in [1.54, 1.807) is 63.2 Å². The third-order valence-electron chi connectivity index (χ3n) is 6.49. The second-order valence-corrected chi connectivity index (χ2v) is 12.4. The number of nitrogens with one attached hydrogen (secondary N) is 5. The van der Waals surface area contributed by atoms with Gasteiger partial charge in [0, 0.05) is 39.0 Å². The fraction of sp³-hybridized carbons (Fsp3) is 0.312. The molecule has 12 nitrogen and oxygen atoms in total. The molecule has 0 spiro atoms. The Morgan fingerprint density at radius 2 is 1.50 bits per heavy atom. The molecule has 12 heteroatoms. The minimum atomic E-state index is -0.568. The van der Waals surface area contributed by atoms with Gasteiger partial charge in [-0.05, 0) is 69.3 Å². The molecule has 3 amide bonds. The van der Waals surface area contributed by atoms with Crippen LogP contribution in [-0.2, 0) is 10.2 Å². The van der Waals surface area contributed by atoms with Crippen LogP contribution in [0.25, 0.3) is 21.8 Å². The highest BCUT2D eigenvalue weighted by molar-refractivity contribution is 6.11. The maximum atomic E-state index is 13.3. The van der Waals surface area contributed by atoms with Crippen LogP contribution in [0.1, 0.15) is 63.5 Å². The highest BCUT2D eigenvalue weighted by Gasteiger charge is 2.21. The Labute approximate surface area is 253 Å². The summed E-state index contributed by atoms with van der Waals surface area (Å²) in [6.07, 6.45) is -0.502. The summed E-state index contributed by atoms with van der Waals surface area (Å²) in [5.74, 6) is 1.37. The summed E-state index contributed by atoms with van der Waals surface area (Å²) < 4.78 is 16.3. The summed E-state index contributed by atoms with van der Waals surface area (Å²) in [5, 5.41) is 13.6. The number of benzene rings is 2. The van der Waals surface area contributed by atoms with E-state index in [2.05, 4.69) is 31.1 Å². The minimum Gasteiger partial charge on any atom is -0.492 e. The number of anilines is 2. The number of H-pyrrole nitrogens is 2. The fourth-order valence-corrected chi connectivity index (χ4v) is 4.40. The van der Waals surface area contributed by atoms with E-state index in [0.717, 1.165) is 21.8 Å². The van der Waals surface area contributed by atoms with E-state index in [1.165, 1.54) is 0 Å². The molecule has 5 aromatic rings. The van der Waals surface area contributed by atoms with Crippen molar-refractivity contribution in [2.45, 2.75) is 52.6 Å². The third kappa shape index (κ3) is 7.38. The molecule has 2 aromatic carbocycles. The quantitative estimate of drug-likeness (QED) is 0.0975. The Kier molecular flexibility index (Phi) is 8.09. The summed E-state index contributed by atoms with van der Waals surface area (Å²) in [5.41, 5.74) is 2.09. The Morgan fingerprint density at radius 1 is 0.841 bits per heavy atom. The van der Waals surface area contributed by atoms with Crippen LogP contribution >= 0.6 is 0 Å². The molecular formula is C32H36N6O6. The van der Waals surface area contributed by atoms with E-state index in [0.29, 0.717) is 34.4 Å². The first-order chi connectivity index (χ1) is 20.7. The van der Waals surface area contributed by atoms with Crippen LogP contribution in [0.5, 0.6) is 5.75 Å². The predicted octanol–water partition coefficient (Wildman–Crippen LogP) is 6.71. The van der Waals surface area contributed by atoms with Gasteiger partial charge in [0.05, 0.1) is 17.9 Å². The van der Waals surface area contributed by atoms with Crippen LogP contribution in [0.15, 0.2) is 59.1 Å². The summed E-state index contributed by atoms with van der Waals surface area (Å²) >= 11 is 0. The van der Waals surface area contributed by atoms with Gasteiger partial charge in [0.2, 0.25) is 5.78 Å². The average Bonchev–Trinajstić information content (AvgIpc) is 3.67. The largest absolute Gasteiger partial charge is 0.492 e. The maximum absolute atomic E-state index is 13.3. The number of aromatic amines is 2. The summed E-state index contributed by atoms with van der Waals surface area (Å²) in [7, 11) is 0. The van der Waals surface area contributed by atoms with Gasteiger partial charge in [-0.1, -0.05) is 25.9 Å². The van der Waals surface area contributed by atoms with Crippen LogP contribution in [0.3, 0.4) is 0 Å². The van der Waals surface area contributed by atoms with E-state index in [-0.39, 0.29) is 24.3 Å². The van der Waals surface area contributed by atoms with Crippen LogP contribution in [0, 0.1) is 0 Å². The lowest BCUT2D eigenvalue weighted by Crippen LogP contribution is -2.34. The molecule has 0 aliphatic rings. The van der Waals surface area contributed by atoms with Crippen molar-refractivity contribution in [1.29, 1.82) is 0 Å². The van der Waals surface area contributed by atoms with Crippen molar-refractivity contribution in [2.24, 2.45) is 0 Å². The predicted molar refractivity (Wildman–Crippen MR) is 168 cm³/mol. The molecule has 5 N–H and O–H groups in total. The van der Waals surface area contributed by atoms with Crippen molar-refractivity contribution in [3.63, 3.8) is 0 Å². The van der Waals surface area contributed by atoms with E-state index < -0.39 is 17.7 Å². The van der Waals surface area contributed by atoms with Gasteiger partial charge < -0.3 is 34.6 Å². The Morgan fingerprint density at radius 3 is 2.14 bits per heavy atom. The first kappa shape index (κ1) is 30.2. The van der Waals surface area contributed by atoms with Gasteiger partial charge in [0.1, 0.15) is 23.7 Å². The smallest absolute Gasteiger partial charge is 0.407 e. The molecule has 0 aliphatic carbocycles. The maximum Gasteiger partial charge on any atom is 0.407 e. The summed E-state index contributed by atoms with van der Waals surface area (Å²) in [6, 6.07) is 15.5. The molecule has 0 atom stereocenters. The lowest BCUT2D eigenvalue weighted by Gasteiger charge is -2.19. The monoisotopic (exact) mass is 600 g/mol. The molecule has 0 radical (unpaired) electrons. The first-order valence-electron chi connectivity index (χ1n) is 14.2. The van der Waals surface area contributed by atoms with Gasteiger partial charge in [0.15, 0.2) is 5.82 Å². The molecule has 5 rings (SSSR count). The zero-order valence-electron chi connectivity index (χ0n) is 25.5. The van der Waals surface area contributed by atoms with Crippen molar-refractivity contribution in [2.75, 3.05) is 23.8 Å². The lowest BCUT2D eigenvalue weighted by molar-refractivity contribution is 0.0520. The number of carbonyl (C=O) groups is 3. The Bertz CT molecular complexity index is 1840. The van der Waals surface area contributed by atoms with E-state index in [4.69, 9.17) is 14.0 Å². The molecule has 3 aromatic heterocycles. The molecule has 230 valence electrons. The first-order valence-corrected chi connectivity index (χ1v) is 14.2. The zero-order chi connectivity index (χ0) is 31.6. The van der Waals surface area contributed by atoms with Crippen molar-refractivity contribution < 1.29 is 28.4 Å². The standard InChI is InChI=1S/C32H36N6O6/c1-31(2,3)26-17-27(38-44-26)37-29(40)34-20-7-9-22-18(13-20)15-24(35-22)28(39)25-16-19-14-21(8-10-23(19)36-25)42-12-11-33-30(41)43-32(4,5)6/h7-10,13-17,35-36H,11-12H2,1-6H3,(H,33,41)(H2,34,37,38,40). The van der Waals surface area contributed by atoms with Gasteiger partial charge in [-0.25, -0.2) is 9.59 Å². The molecule has 0 aliphatic heterocycles. The SMILES string of the molecule is CC(C)(C)OC(=O)NCCOc1ccc2[nH]c(C(=O)c3cc4cc(NC(=O)Nc5cc(C(C)(C)C)on5)ccc4[nH]3)cc2c1. The highest BCUT2D eigenvalue weighted by atomic mass is 16.6. The number of fused-ring (bicyclic) bond motifs is 2. The Hall–Kier alpha value is -5.26. The summed E-state index contributed by atoms with van der Waals surface area (Å²) in [6.45, 7) is 11.9. The van der Waals surface area contributed by atoms with E-state index in [9.17, 15) is 14.4 Å². The third-order valence-corrected chi connectivity index (χ3v) is 6.49. The van der Waals surface area contributed by atoms with Gasteiger partial charge >= 0.3 is 12.1 Å². The Balaban J connectivity index is 1.20. The molecule has 0 fully saturated rings. The number of rotatable bonds is 8. The number of ether oxygens (including phenoxy) is 2. The van der Waals surface area contributed by atoms with Gasteiger partial charge in [-0.2, -0.15) is 0 Å². The van der Waals surface area contributed by atoms with Crippen LogP contribution < -0.4 is 20.7 Å². The molecule has 0 saturated carbocycles. The number of amides is 3. The molecule has 0 unspecified atom stereocenters. The van der Waals surface area contributed by atoms with Gasteiger partial charge in [-0.3, -0.25) is 10.1 Å². The number of hydrogen-bond donors (Lipinski definition) is 5. The number of nitrogens with zero attached hydrogens (tertiary/aromatic N) is 1. The number of alkyl carbamates (subject to hydrolysis) is 1. The second kappa shape index (κ2) is 11.8. The number of ketones is 1. The van der Waals surface area contributed by atoms with Crippen molar-refractivity contribution >= 4 is 51.2 Å². The minimum absolute atomic E-state index is 0.214. The summed E-state index contributed by atoms with van der Waals surface area (Å²) in [4.78, 5) is 44.0. The number of hydrogen-bond acceptors (Lipinski definition) is 7. The average molecular weight is 601 g/mol. The zero-order valence-corrected chi connectivity index (χ0v) is 25.5. The normalized spacial score (nSPS) is 11.9. The molecule has 0 bridgehead atoms. The van der Waals surface area contributed by atoms with Crippen LogP contribution in [0.2, 0.25) is 0 Å². The number of aromatic nitrogens is 3. The lowest BCUT2D eigenvalue weighted by atomic mass is 9.93. The van der Waals surface area contributed by atoms with E-state index >= 15 is 0 Å². The van der Waals surface area contributed by atoms with Crippen LogP contribution in [0.4, 0.5) is 21.1 Å². The van der Waals surface area contributed by atoms with Crippen molar-refractivity contribution in [1.82, 2.24) is 20.4 Å². The van der Waals surface area contributed by atoms with Gasteiger partial charge in [-0.15, -0.1) is 0 Å². The molecule has 44 heavy (non-hydrogen) atoms. The van der Waals surface area contributed by atoms with Crippen molar-refractivity contribution in [3.05, 3.63) is 71.7 Å². The van der Waals surface area contributed by atoms with E-state index in [1.807, 2.05) is 32.9 Å². The number of urea groups is 1. The molecule has 3 heterocycles. The highest BCUT2D eigenvalue weighted by Crippen LogP contribution is 2.26. The molecule has 0 saturated heterocycles. The molecular weight excluding hydrogens is 564 g/mol. The number of carbonyl (C=O) groups excluding carboxylic acids is 3. The fourth-order valence-electron chi connectivity index (χ4n) is 4.40.